The van der Waals surface area contributed by atoms with Crippen molar-refractivity contribution in [3.8, 4) is 5.75 Å². The summed E-state index contributed by atoms with van der Waals surface area (Å²) in [6.45, 7) is 5.40. The Labute approximate surface area is 197 Å². The first-order chi connectivity index (χ1) is 16.2. The van der Waals surface area contributed by atoms with E-state index in [1.807, 2.05) is 12.1 Å². The van der Waals surface area contributed by atoms with E-state index in [9.17, 15) is 4.79 Å². The predicted octanol–water partition coefficient (Wildman–Crippen LogP) is 6.72. The van der Waals surface area contributed by atoms with Crippen LogP contribution in [0, 0.1) is 0 Å². The van der Waals surface area contributed by atoms with Crippen LogP contribution in [0.1, 0.15) is 57.4 Å². The van der Waals surface area contributed by atoms with Crippen molar-refractivity contribution in [1.29, 1.82) is 0 Å². The molecule has 0 bridgehead atoms. The average molecular weight is 446 g/mol. The highest BCUT2D eigenvalue weighted by Crippen LogP contribution is 2.36. The van der Waals surface area contributed by atoms with Gasteiger partial charge in [-0.2, -0.15) is 0 Å². The van der Waals surface area contributed by atoms with Crippen LogP contribution in [0.25, 0.3) is 10.8 Å². The summed E-state index contributed by atoms with van der Waals surface area (Å²) in [7, 11) is 0. The van der Waals surface area contributed by atoms with E-state index in [4.69, 9.17) is 9.47 Å². The first-order valence-corrected chi connectivity index (χ1v) is 12.3. The minimum atomic E-state index is -0.332. The maximum Gasteiger partial charge on any atom is 0.344 e. The van der Waals surface area contributed by atoms with Crippen molar-refractivity contribution in [3.05, 3.63) is 72.3 Å². The Hall–Kier alpha value is -3.01. The maximum atomic E-state index is 11.5. The summed E-state index contributed by atoms with van der Waals surface area (Å²) in [5.41, 5.74) is 2.68. The van der Waals surface area contributed by atoms with Gasteiger partial charge in [0.1, 0.15) is 5.75 Å². The van der Waals surface area contributed by atoms with Crippen LogP contribution in [0.4, 0.5) is 5.69 Å². The molecule has 0 saturated heterocycles. The summed E-state index contributed by atoms with van der Waals surface area (Å²) >= 11 is 0. The van der Waals surface area contributed by atoms with Crippen molar-refractivity contribution in [2.75, 3.05) is 24.7 Å². The highest BCUT2D eigenvalue weighted by molar-refractivity contribution is 5.85. The fourth-order valence-electron chi connectivity index (χ4n) is 5.11. The minimum absolute atomic E-state index is 0.0457. The highest BCUT2D eigenvalue weighted by Gasteiger charge is 2.26. The number of hydrogen-bond acceptors (Lipinski definition) is 4. The first-order valence-electron chi connectivity index (χ1n) is 12.3. The van der Waals surface area contributed by atoms with Crippen molar-refractivity contribution < 1.29 is 14.3 Å². The SMILES string of the molecule is CCOC(=O)COc1ccc(C2CCCCC(N(CC)c3ccc4ccccc4c3)C2)cc1. The van der Waals surface area contributed by atoms with Crippen LogP contribution in [0.3, 0.4) is 0 Å². The summed E-state index contributed by atoms with van der Waals surface area (Å²) in [4.78, 5) is 14.1. The van der Waals surface area contributed by atoms with Gasteiger partial charge in [0, 0.05) is 18.3 Å². The van der Waals surface area contributed by atoms with E-state index in [0.717, 1.165) is 13.0 Å². The Morgan fingerprint density at radius 3 is 2.45 bits per heavy atom. The molecule has 1 fully saturated rings. The lowest BCUT2D eigenvalue weighted by Crippen LogP contribution is -2.35. The maximum absolute atomic E-state index is 11.5. The summed E-state index contributed by atoms with van der Waals surface area (Å²) in [5, 5.41) is 2.60. The summed E-state index contributed by atoms with van der Waals surface area (Å²) in [5.74, 6) is 0.913. The van der Waals surface area contributed by atoms with Gasteiger partial charge in [-0.15, -0.1) is 0 Å². The monoisotopic (exact) mass is 445 g/mol. The molecule has 1 aliphatic rings. The zero-order valence-corrected chi connectivity index (χ0v) is 19.8. The normalized spacial score (nSPS) is 18.5. The number of carbonyl (C=O) groups is 1. The number of esters is 1. The van der Waals surface area contributed by atoms with Crippen LogP contribution < -0.4 is 9.64 Å². The fraction of sp³-hybridized carbons (Fsp3) is 0.414. The van der Waals surface area contributed by atoms with E-state index in [1.165, 1.54) is 47.7 Å². The Balaban J connectivity index is 1.46. The molecular weight excluding hydrogens is 410 g/mol. The van der Waals surface area contributed by atoms with E-state index in [1.54, 1.807) is 6.92 Å². The molecule has 0 aromatic heterocycles. The van der Waals surface area contributed by atoms with Crippen LogP contribution >= 0.6 is 0 Å². The van der Waals surface area contributed by atoms with Gasteiger partial charge in [0.25, 0.3) is 0 Å². The van der Waals surface area contributed by atoms with E-state index < -0.39 is 0 Å². The molecule has 0 aliphatic heterocycles. The minimum Gasteiger partial charge on any atom is -0.482 e. The number of rotatable bonds is 8. The molecule has 1 saturated carbocycles. The summed E-state index contributed by atoms with van der Waals surface area (Å²) < 4.78 is 10.5. The molecule has 0 spiro atoms. The lowest BCUT2D eigenvalue weighted by atomic mass is 9.89. The van der Waals surface area contributed by atoms with Crippen molar-refractivity contribution in [2.24, 2.45) is 0 Å². The molecule has 0 heterocycles. The molecule has 3 aromatic rings. The Kier molecular flexibility index (Phi) is 7.87. The Bertz CT molecular complexity index is 1050. The molecule has 4 nitrogen and oxygen atoms in total. The lowest BCUT2D eigenvalue weighted by Gasteiger charge is -2.34. The van der Waals surface area contributed by atoms with Crippen molar-refractivity contribution >= 4 is 22.4 Å². The van der Waals surface area contributed by atoms with Crippen LogP contribution in [-0.4, -0.2) is 31.8 Å². The van der Waals surface area contributed by atoms with Gasteiger partial charge in [0.2, 0.25) is 0 Å². The second kappa shape index (κ2) is 11.2. The standard InChI is InChI=1S/C29H35NO3/c1-3-30(27-16-13-22-9-5-6-10-24(22)20-27)26-12-8-7-11-25(19-26)23-14-17-28(18-15-23)33-21-29(31)32-4-2/h5-6,9-10,13-18,20,25-26H,3-4,7-8,11-12,19,21H2,1-2H3. The molecule has 0 radical (unpaired) electrons. The van der Waals surface area contributed by atoms with Gasteiger partial charge in [0.05, 0.1) is 6.61 Å². The summed E-state index contributed by atoms with van der Waals surface area (Å²) in [6.07, 6.45) is 6.14. The topological polar surface area (TPSA) is 38.8 Å². The molecule has 174 valence electrons. The van der Waals surface area contributed by atoms with Crippen LogP contribution in [0.15, 0.2) is 66.7 Å². The quantitative estimate of drug-likeness (QED) is 0.285. The van der Waals surface area contributed by atoms with Crippen LogP contribution in [0.2, 0.25) is 0 Å². The van der Waals surface area contributed by atoms with E-state index in [2.05, 4.69) is 66.4 Å². The Morgan fingerprint density at radius 2 is 1.70 bits per heavy atom. The molecule has 4 rings (SSSR count). The van der Waals surface area contributed by atoms with Crippen molar-refractivity contribution in [2.45, 2.75) is 57.9 Å². The Morgan fingerprint density at radius 1 is 0.939 bits per heavy atom. The van der Waals surface area contributed by atoms with E-state index in [0.29, 0.717) is 24.3 Å². The van der Waals surface area contributed by atoms with Crippen molar-refractivity contribution in [3.63, 3.8) is 0 Å². The average Bonchev–Trinajstić information content (AvgIpc) is 3.10. The van der Waals surface area contributed by atoms with Gasteiger partial charge in [-0.25, -0.2) is 4.79 Å². The largest absolute Gasteiger partial charge is 0.482 e. The summed E-state index contributed by atoms with van der Waals surface area (Å²) in [6, 6.07) is 24.3. The molecule has 0 N–H and O–H groups in total. The lowest BCUT2D eigenvalue weighted by molar-refractivity contribution is -0.145. The molecule has 1 aliphatic carbocycles. The molecule has 33 heavy (non-hydrogen) atoms. The van der Waals surface area contributed by atoms with Crippen molar-refractivity contribution in [1.82, 2.24) is 0 Å². The number of benzene rings is 3. The second-order valence-corrected chi connectivity index (χ2v) is 8.85. The molecule has 2 atom stereocenters. The van der Waals surface area contributed by atoms with Gasteiger partial charge in [-0.3, -0.25) is 0 Å². The van der Waals surface area contributed by atoms with E-state index in [-0.39, 0.29) is 12.6 Å². The first kappa shape index (κ1) is 23.2. The van der Waals surface area contributed by atoms with E-state index >= 15 is 0 Å². The number of ether oxygens (including phenoxy) is 2. The second-order valence-electron chi connectivity index (χ2n) is 8.85. The highest BCUT2D eigenvalue weighted by atomic mass is 16.6. The molecule has 4 heteroatoms. The number of carbonyl (C=O) groups excluding carboxylic acids is 1. The third-order valence-corrected chi connectivity index (χ3v) is 6.76. The fourth-order valence-corrected chi connectivity index (χ4v) is 5.11. The predicted molar refractivity (Wildman–Crippen MR) is 135 cm³/mol. The zero-order chi connectivity index (χ0) is 23.0. The van der Waals surface area contributed by atoms with Crippen LogP contribution in [0.5, 0.6) is 5.75 Å². The number of fused-ring (bicyclic) bond motifs is 1. The van der Waals surface area contributed by atoms with Gasteiger partial charge in [-0.1, -0.05) is 55.3 Å². The van der Waals surface area contributed by atoms with Gasteiger partial charge < -0.3 is 14.4 Å². The third-order valence-electron chi connectivity index (χ3n) is 6.76. The number of nitrogens with zero attached hydrogens (tertiary/aromatic N) is 1. The third kappa shape index (κ3) is 5.87. The van der Waals surface area contributed by atoms with Crippen LogP contribution in [-0.2, 0) is 9.53 Å². The number of anilines is 1. The molecule has 0 amide bonds. The molecule has 3 aromatic carbocycles. The number of hydrogen-bond donors (Lipinski definition) is 0. The smallest absolute Gasteiger partial charge is 0.344 e. The molecule has 2 unspecified atom stereocenters. The zero-order valence-electron chi connectivity index (χ0n) is 19.8. The molecular formula is C29H35NO3. The van der Waals surface area contributed by atoms with Gasteiger partial charge >= 0.3 is 5.97 Å². The van der Waals surface area contributed by atoms with Gasteiger partial charge in [0.15, 0.2) is 6.61 Å². The van der Waals surface area contributed by atoms with Gasteiger partial charge in [-0.05, 0) is 79.6 Å².